The van der Waals surface area contributed by atoms with Gasteiger partial charge in [-0.25, -0.2) is 13.5 Å². The van der Waals surface area contributed by atoms with Gasteiger partial charge in [0, 0.05) is 35.5 Å². The quantitative estimate of drug-likeness (QED) is 0.173. The topological polar surface area (TPSA) is 89.2 Å². The minimum absolute atomic E-state index is 0.324. The highest BCUT2D eigenvalue weighted by Crippen LogP contribution is 2.46. The Hall–Kier alpha value is -5.12. The van der Waals surface area contributed by atoms with Crippen LogP contribution in [0.2, 0.25) is 0 Å². The number of alkyl halides is 2. The second kappa shape index (κ2) is 13.3. The third-order valence-electron chi connectivity index (χ3n) is 6.90. The van der Waals surface area contributed by atoms with E-state index in [-0.39, 0.29) is 0 Å². The van der Waals surface area contributed by atoms with Crippen LogP contribution in [-0.4, -0.2) is 49.3 Å². The molecule has 45 heavy (non-hydrogen) atoms. The first-order valence-electron chi connectivity index (χ1n) is 13.7. The van der Waals surface area contributed by atoms with Crippen molar-refractivity contribution in [2.75, 3.05) is 14.1 Å². The zero-order valence-corrected chi connectivity index (χ0v) is 24.3. The minimum atomic E-state index is -4.16. The summed E-state index contributed by atoms with van der Waals surface area (Å²) in [5.74, 6) is -0.0438. The second-order valence-corrected chi connectivity index (χ2v) is 10.6. The van der Waals surface area contributed by atoms with Crippen molar-refractivity contribution in [2.24, 2.45) is 0 Å². The fourth-order valence-corrected chi connectivity index (χ4v) is 4.58. The van der Waals surface area contributed by atoms with Gasteiger partial charge in [-0.1, -0.05) is 36.1 Å². The van der Waals surface area contributed by atoms with Crippen molar-refractivity contribution >= 4 is 0 Å². The summed E-state index contributed by atoms with van der Waals surface area (Å²) in [5, 5.41) is 21.5. The first kappa shape index (κ1) is 31.3. The molecule has 2 aromatic heterocycles. The van der Waals surface area contributed by atoms with E-state index >= 15 is 8.78 Å². The summed E-state index contributed by atoms with van der Waals surface area (Å²) in [6, 6.07) is 19.5. The van der Waals surface area contributed by atoms with E-state index in [0.29, 0.717) is 29.5 Å². The van der Waals surface area contributed by atoms with Gasteiger partial charge in [-0.2, -0.15) is 8.78 Å². The molecule has 1 unspecified atom stereocenters. The van der Waals surface area contributed by atoms with Gasteiger partial charge in [-0.05, 0) is 84.2 Å². The van der Waals surface area contributed by atoms with Crippen molar-refractivity contribution in [3.63, 3.8) is 0 Å². The van der Waals surface area contributed by atoms with E-state index in [4.69, 9.17) is 4.74 Å². The number of hydrogen-bond donors (Lipinski definition) is 1. The number of halogens is 4. The van der Waals surface area contributed by atoms with Crippen molar-refractivity contribution in [2.45, 2.75) is 31.2 Å². The van der Waals surface area contributed by atoms with Crippen LogP contribution < -0.4 is 4.74 Å². The highest BCUT2D eigenvalue weighted by Gasteiger charge is 2.58. The largest absolute Gasteiger partial charge is 0.489 e. The van der Waals surface area contributed by atoms with Crippen LogP contribution in [-0.2, 0) is 31.2 Å². The molecule has 0 aliphatic carbocycles. The Balaban J connectivity index is 1.28. The summed E-state index contributed by atoms with van der Waals surface area (Å²) in [5.41, 5.74) is -1.69. The van der Waals surface area contributed by atoms with Crippen molar-refractivity contribution in [3.05, 3.63) is 137 Å². The van der Waals surface area contributed by atoms with Crippen molar-refractivity contribution in [3.8, 4) is 17.6 Å². The Bertz CT molecular complexity index is 1790. The summed E-state index contributed by atoms with van der Waals surface area (Å²) in [4.78, 5) is 5.92. The van der Waals surface area contributed by atoms with Crippen molar-refractivity contribution in [1.29, 1.82) is 0 Å². The Morgan fingerprint density at radius 3 is 2.20 bits per heavy atom. The number of hydrogen-bond acceptors (Lipinski definition) is 7. The van der Waals surface area contributed by atoms with E-state index in [1.54, 1.807) is 24.3 Å². The summed E-state index contributed by atoms with van der Waals surface area (Å²) < 4.78 is 66.8. The van der Waals surface area contributed by atoms with Crippen LogP contribution in [0.4, 0.5) is 17.6 Å². The molecule has 230 valence electrons. The maximum atomic E-state index is 15.9. The van der Waals surface area contributed by atoms with Crippen LogP contribution in [0.15, 0.2) is 91.4 Å². The van der Waals surface area contributed by atoms with Crippen LogP contribution in [0.5, 0.6) is 5.75 Å². The molecule has 1 N–H and O–H groups in total. The Morgan fingerprint density at radius 1 is 0.889 bits per heavy atom. The molecule has 0 saturated heterocycles. The SMILES string of the molecule is CN(C)Cc1ccc(COc2ccc(C#Cc3ccc(C(F)(F)C(O)(Cn4cnnn4)c4ccc(F)cc4F)nc3)cc2)cc1. The van der Waals surface area contributed by atoms with Gasteiger partial charge in [0.25, 0.3) is 0 Å². The highest BCUT2D eigenvalue weighted by molar-refractivity contribution is 5.44. The third-order valence-corrected chi connectivity index (χ3v) is 6.90. The van der Waals surface area contributed by atoms with Crippen LogP contribution in [0.1, 0.15) is 33.5 Å². The van der Waals surface area contributed by atoms with Gasteiger partial charge < -0.3 is 14.7 Å². The molecular formula is C33H28F4N6O2. The highest BCUT2D eigenvalue weighted by atomic mass is 19.3. The normalized spacial score (nSPS) is 12.8. The number of pyridine rings is 1. The van der Waals surface area contributed by atoms with E-state index in [0.717, 1.165) is 47.5 Å². The predicted molar refractivity (Wildman–Crippen MR) is 157 cm³/mol. The number of benzene rings is 3. The van der Waals surface area contributed by atoms with Crippen molar-refractivity contribution in [1.82, 2.24) is 30.1 Å². The Labute approximate surface area is 256 Å². The molecular weight excluding hydrogens is 588 g/mol. The maximum Gasteiger partial charge on any atom is 0.323 e. The number of nitrogens with zero attached hydrogens (tertiary/aromatic N) is 6. The second-order valence-electron chi connectivity index (χ2n) is 10.6. The smallest absolute Gasteiger partial charge is 0.323 e. The molecule has 8 nitrogen and oxygen atoms in total. The molecule has 0 aliphatic rings. The molecule has 0 fully saturated rings. The predicted octanol–water partition coefficient (Wildman–Crippen LogP) is 5.07. The lowest BCUT2D eigenvalue weighted by Gasteiger charge is -2.35. The Morgan fingerprint density at radius 2 is 1.58 bits per heavy atom. The molecule has 5 rings (SSSR count). The van der Waals surface area contributed by atoms with E-state index in [1.165, 1.54) is 11.6 Å². The summed E-state index contributed by atoms with van der Waals surface area (Å²) in [6.45, 7) is 0.331. The molecule has 0 radical (unpaired) electrons. The molecule has 3 aromatic carbocycles. The monoisotopic (exact) mass is 616 g/mol. The molecule has 0 bridgehead atoms. The number of aromatic nitrogens is 5. The first-order valence-corrected chi connectivity index (χ1v) is 13.7. The van der Waals surface area contributed by atoms with Gasteiger partial charge in [0.15, 0.2) is 5.60 Å². The number of tetrazole rings is 1. The molecule has 1 atom stereocenters. The maximum absolute atomic E-state index is 15.9. The molecule has 0 spiro atoms. The van der Waals surface area contributed by atoms with E-state index in [2.05, 4.69) is 49.4 Å². The van der Waals surface area contributed by atoms with Crippen molar-refractivity contribution < 1.29 is 27.4 Å². The average Bonchev–Trinajstić information content (AvgIpc) is 3.53. The molecule has 0 aliphatic heterocycles. The van der Waals surface area contributed by atoms with Gasteiger partial charge in [0.1, 0.15) is 36.0 Å². The van der Waals surface area contributed by atoms with E-state index in [1.807, 2.05) is 26.2 Å². The molecule has 12 heteroatoms. The average molecular weight is 617 g/mol. The van der Waals surface area contributed by atoms with Gasteiger partial charge in [0.05, 0.1) is 6.54 Å². The van der Waals surface area contributed by atoms with Gasteiger partial charge in [0.2, 0.25) is 0 Å². The molecule has 2 heterocycles. The molecule has 0 saturated carbocycles. The third kappa shape index (κ3) is 7.34. The van der Waals surface area contributed by atoms with E-state index in [9.17, 15) is 13.9 Å². The van der Waals surface area contributed by atoms with Gasteiger partial charge in [-0.3, -0.25) is 4.98 Å². The molecule has 5 aromatic rings. The number of ether oxygens (including phenoxy) is 1. The summed E-state index contributed by atoms with van der Waals surface area (Å²) in [6.07, 6.45) is 2.11. The van der Waals surface area contributed by atoms with Gasteiger partial charge in [-0.15, -0.1) is 5.10 Å². The summed E-state index contributed by atoms with van der Waals surface area (Å²) in [7, 11) is 4.04. The summed E-state index contributed by atoms with van der Waals surface area (Å²) >= 11 is 0. The fraction of sp³-hybridized carbons (Fsp3) is 0.212. The zero-order valence-electron chi connectivity index (χ0n) is 24.3. The first-order chi connectivity index (χ1) is 21.5. The zero-order chi connectivity index (χ0) is 32.0. The lowest BCUT2D eigenvalue weighted by Crippen LogP contribution is -2.48. The lowest BCUT2D eigenvalue weighted by molar-refractivity contribution is -0.207. The fourth-order valence-electron chi connectivity index (χ4n) is 4.58. The Kier molecular flexibility index (Phi) is 9.22. The standard InChI is InChI=1S/C33H28F4N6O2/c1-42(2)19-25-5-7-26(8-6-25)20-45-28-13-9-23(10-14-28)3-4-24-11-16-31(38-18-24)33(36,37)32(44,21-43-22-39-40-41-43)29-15-12-27(34)17-30(29)35/h5-18,22,44H,19-21H2,1-2H3. The lowest BCUT2D eigenvalue weighted by atomic mass is 9.84. The van der Waals surface area contributed by atoms with Crippen LogP contribution in [0, 0.1) is 23.5 Å². The number of aliphatic hydroxyl groups is 1. The van der Waals surface area contributed by atoms with Crippen LogP contribution in [0.25, 0.3) is 0 Å². The van der Waals surface area contributed by atoms with Crippen LogP contribution >= 0.6 is 0 Å². The van der Waals surface area contributed by atoms with E-state index < -0.39 is 41.0 Å². The number of rotatable bonds is 10. The molecule has 0 amide bonds. The van der Waals surface area contributed by atoms with Gasteiger partial charge >= 0.3 is 5.92 Å². The van der Waals surface area contributed by atoms with Crippen LogP contribution in [0.3, 0.4) is 0 Å². The minimum Gasteiger partial charge on any atom is -0.489 e.